The highest BCUT2D eigenvalue weighted by molar-refractivity contribution is 5.95. The molecule has 3 rings (SSSR count). The van der Waals surface area contributed by atoms with Crippen molar-refractivity contribution in [3.8, 4) is 17.0 Å². The molecular weight excluding hydrogens is 292 g/mol. The van der Waals surface area contributed by atoms with E-state index in [9.17, 15) is 9.90 Å². The highest BCUT2D eigenvalue weighted by Gasteiger charge is 2.20. The van der Waals surface area contributed by atoms with Crippen LogP contribution in [0.4, 0.5) is 0 Å². The van der Waals surface area contributed by atoms with Crippen molar-refractivity contribution in [1.82, 2.24) is 9.38 Å². The van der Waals surface area contributed by atoms with Crippen LogP contribution in [0.25, 0.3) is 16.9 Å². The summed E-state index contributed by atoms with van der Waals surface area (Å²) in [5, 5.41) is 9.59. The summed E-state index contributed by atoms with van der Waals surface area (Å²) < 4.78 is 7.18. The van der Waals surface area contributed by atoms with Crippen LogP contribution < -0.4 is 4.74 Å². The van der Waals surface area contributed by atoms with Gasteiger partial charge >= 0.3 is 5.97 Å². The fourth-order valence-corrected chi connectivity index (χ4v) is 2.54. The van der Waals surface area contributed by atoms with Gasteiger partial charge in [0.25, 0.3) is 0 Å². The number of aromatic carboxylic acids is 1. The summed E-state index contributed by atoms with van der Waals surface area (Å²) in [4.78, 5) is 16.2. The molecule has 0 radical (unpaired) electrons. The van der Waals surface area contributed by atoms with Gasteiger partial charge in [0.1, 0.15) is 17.1 Å². The molecule has 0 unspecified atom stereocenters. The van der Waals surface area contributed by atoms with Crippen LogP contribution >= 0.6 is 0 Å². The van der Waals surface area contributed by atoms with Gasteiger partial charge in [0.15, 0.2) is 5.69 Å². The van der Waals surface area contributed by atoms with Crippen LogP contribution in [-0.4, -0.2) is 27.1 Å². The van der Waals surface area contributed by atoms with Crippen molar-refractivity contribution in [3.05, 3.63) is 53.9 Å². The minimum Gasteiger partial charge on any atom is -0.494 e. The Balaban J connectivity index is 2.10. The van der Waals surface area contributed by atoms with Crippen molar-refractivity contribution in [2.45, 2.75) is 20.3 Å². The number of aryl methyl sites for hydroxylation is 1. The van der Waals surface area contributed by atoms with Gasteiger partial charge in [0, 0.05) is 11.8 Å². The van der Waals surface area contributed by atoms with Crippen LogP contribution in [0.3, 0.4) is 0 Å². The first-order chi connectivity index (χ1) is 11.1. The van der Waals surface area contributed by atoms with Gasteiger partial charge < -0.3 is 9.84 Å². The van der Waals surface area contributed by atoms with Crippen LogP contribution in [0.15, 0.2) is 42.6 Å². The first kappa shape index (κ1) is 15.1. The number of benzene rings is 1. The van der Waals surface area contributed by atoms with Crippen molar-refractivity contribution >= 4 is 11.6 Å². The second-order valence-corrected chi connectivity index (χ2v) is 5.37. The zero-order valence-corrected chi connectivity index (χ0v) is 13.1. The van der Waals surface area contributed by atoms with E-state index in [1.54, 1.807) is 10.6 Å². The lowest BCUT2D eigenvalue weighted by Crippen LogP contribution is -2.03. The molecule has 5 nitrogen and oxygen atoms in total. The summed E-state index contributed by atoms with van der Waals surface area (Å²) in [7, 11) is 0. The van der Waals surface area contributed by atoms with Crippen molar-refractivity contribution in [3.63, 3.8) is 0 Å². The van der Waals surface area contributed by atoms with Gasteiger partial charge in [-0.05, 0) is 49.2 Å². The zero-order chi connectivity index (χ0) is 16.4. The second-order valence-electron chi connectivity index (χ2n) is 5.37. The van der Waals surface area contributed by atoms with Crippen molar-refractivity contribution in [2.24, 2.45) is 0 Å². The second kappa shape index (κ2) is 6.12. The fraction of sp³-hybridized carbons (Fsp3) is 0.222. The number of pyridine rings is 1. The summed E-state index contributed by atoms with van der Waals surface area (Å²) in [6.07, 6.45) is 2.66. The number of ether oxygens (including phenoxy) is 1. The molecule has 0 bridgehead atoms. The number of fused-ring (bicyclic) bond motifs is 1. The Morgan fingerprint density at radius 1 is 1.26 bits per heavy atom. The van der Waals surface area contributed by atoms with E-state index in [0.29, 0.717) is 17.9 Å². The Labute approximate surface area is 134 Å². The predicted molar refractivity (Wildman–Crippen MR) is 88.1 cm³/mol. The van der Waals surface area contributed by atoms with E-state index < -0.39 is 5.97 Å². The van der Waals surface area contributed by atoms with Crippen LogP contribution in [0.2, 0.25) is 0 Å². The minimum atomic E-state index is -0.996. The topological polar surface area (TPSA) is 63.8 Å². The van der Waals surface area contributed by atoms with E-state index in [1.165, 1.54) is 0 Å². The molecule has 1 N–H and O–H groups in total. The molecular formula is C18H18N2O3. The Kier molecular flexibility index (Phi) is 4.02. The molecule has 1 aromatic carbocycles. The molecule has 0 spiro atoms. The van der Waals surface area contributed by atoms with Crippen molar-refractivity contribution < 1.29 is 14.6 Å². The van der Waals surface area contributed by atoms with Crippen LogP contribution in [0.1, 0.15) is 29.4 Å². The smallest absolute Gasteiger partial charge is 0.355 e. The van der Waals surface area contributed by atoms with Gasteiger partial charge in [-0.3, -0.25) is 4.40 Å². The molecule has 2 aromatic heterocycles. The average Bonchev–Trinajstić information content (AvgIpc) is 2.94. The monoisotopic (exact) mass is 310 g/mol. The standard InChI is InChI=1S/C18H18N2O3/c1-3-11-23-14-8-6-13(7-9-14)15-16(18(21)22)20-10-4-5-12(2)17(20)19-15/h4-10H,3,11H2,1-2H3,(H,21,22). The maximum atomic E-state index is 11.7. The molecule has 0 saturated heterocycles. The third-order valence-corrected chi connectivity index (χ3v) is 3.65. The zero-order valence-electron chi connectivity index (χ0n) is 13.1. The largest absolute Gasteiger partial charge is 0.494 e. The molecule has 0 aliphatic heterocycles. The normalized spacial score (nSPS) is 10.9. The van der Waals surface area contributed by atoms with Gasteiger partial charge in [-0.1, -0.05) is 13.0 Å². The number of imidazole rings is 1. The first-order valence-corrected chi connectivity index (χ1v) is 7.56. The predicted octanol–water partition coefficient (Wildman–Crippen LogP) is 3.80. The van der Waals surface area contributed by atoms with Gasteiger partial charge in [-0.25, -0.2) is 9.78 Å². The molecule has 2 heterocycles. The molecule has 0 aliphatic carbocycles. The molecule has 5 heteroatoms. The van der Waals surface area contributed by atoms with Gasteiger partial charge in [0.2, 0.25) is 0 Å². The lowest BCUT2D eigenvalue weighted by molar-refractivity contribution is 0.0690. The quantitative estimate of drug-likeness (QED) is 0.778. The number of carboxylic acid groups (broad SMARTS) is 1. The number of hydrogen-bond donors (Lipinski definition) is 1. The number of nitrogens with zero attached hydrogens (tertiary/aromatic N) is 2. The molecule has 0 aliphatic rings. The number of carbonyl (C=O) groups is 1. The number of rotatable bonds is 5. The lowest BCUT2D eigenvalue weighted by atomic mass is 10.1. The number of hydrogen-bond acceptors (Lipinski definition) is 3. The summed E-state index contributed by atoms with van der Waals surface area (Å²) in [5.74, 6) is -0.225. The van der Waals surface area contributed by atoms with Crippen molar-refractivity contribution in [2.75, 3.05) is 6.61 Å². The summed E-state index contributed by atoms with van der Waals surface area (Å²) in [6, 6.07) is 11.1. The first-order valence-electron chi connectivity index (χ1n) is 7.56. The Morgan fingerprint density at radius 2 is 2.00 bits per heavy atom. The molecule has 3 aromatic rings. The molecule has 23 heavy (non-hydrogen) atoms. The number of carboxylic acids is 1. The summed E-state index contributed by atoms with van der Waals surface area (Å²) >= 11 is 0. The van der Waals surface area contributed by atoms with E-state index >= 15 is 0 Å². The molecule has 0 atom stereocenters. The van der Waals surface area contributed by atoms with E-state index in [4.69, 9.17) is 4.74 Å². The van der Waals surface area contributed by atoms with E-state index in [2.05, 4.69) is 4.98 Å². The maximum absolute atomic E-state index is 11.7. The third kappa shape index (κ3) is 2.77. The summed E-state index contributed by atoms with van der Waals surface area (Å²) in [5.41, 5.74) is 2.99. The Bertz CT molecular complexity index is 851. The minimum absolute atomic E-state index is 0.172. The maximum Gasteiger partial charge on any atom is 0.355 e. The molecule has 0 amide bonds. The lowest BCUT2D eigenvalue weighted by Gasteiger charge is -2.05. The SMILES string of the molecule is CCCOc1ccc(-c2nc3c(C)cccn3c2C(=O)O)cc1. The fourth-order valence-electron chi connectivity index (χ4n) is 2.54. The summed E-state index contributed by atoms with van der Waals surface area (Å²) in [6.45, 7) is 4.62. The van der Waals surface area contributed by atoms with Gasteiger partial charge in [0.05, 0.1) is 6.61 Å². The molecule has 0 fully saturated rings. The van der Waals surface area contributed by atoms with Crippen LogP contribution in [0.5, 0.6) is 5.75 Å². The Morgan fingerprint density at radius 3 is 2.65 bits per heavy atom. The van der Waals surface area contributed by atoms with E-state index in [1.807, 2.05) is 50.2 Å². The third-order valence-electron chi connectivity index (χ3n) is 3.65. The van der Waals surface area contributed by atoms with Gasteiger partial charge in [-0.2, -0.15) is 0 Å². The Hall–Kier alpha value is -2.82. The van der Waals surface area contributed by atoms with Crippen molar-refractivity contribution in [1.29, 1.82) is 0 Å². The molecule has 118 valence electrons. The highest BCUT2D eigenvalue weighted by Crippen LogP contribution is 2.27. The highest BCUT2D eigenvalue weighted by atomic mass is 16.5. The van der Waals surface area contributed by atoms with Crippen LogP contribution in [0, 0.1) is 6.92 Å². The number of aromatic nitrogens is 2. The van der Waals surface area contributed by atoms with Crippen LogP contribution in [-0.2, 0) is 0 Å². The molecule has 0 saturated carbocycles. The average molecular weight is 310 g/mol. The van der Waals surface area contributed by atoms with Gasteiger partial charge in [-0.15, -0.1) is 0 Å². The van der Waals surface area contributed by atoms with E-state index in [-0.39, 0.29) is 5.69 Å². The van der Waals surface area contributed by atoms with E-state index in [0.717, 1.165) is 23.3 Å².